The van der Waals surface area contributed by atoms with Crippen molar-refractivity contribution in [1.82, 2.24) is 0 Å². The van der Waals surface area contributed by atoms with Crippen LogP contribution in [0.4, 0.5) is 0 Å². The Morgan fingerprint density at radius 1 is 0.719 bits per heavy atom. The van der Waals surface area contributed by atoms with Crippen molar-refractivity contribution in [2.45, 2.75) is 13.8 Å². The van der Waals surface area contributed by atoms with Crippen LogP contribution in [0, 0.1) is 13.8 Å². The van der Waals surface area contributed by atoms with E-state index in [-0.39, 0.29) is 0 Å². The Bertz CT molecular complexity index is 1700. The maximum absolute atomic E-state index is 8.07. The highest BCUT2D eigenvalue weighted by Gasteiger charge is 2.19. The molecule has 0 saturated carbocycles. The van der Waals surface area contributed by atoms with Crippen LogP contribution in [0.15, 0.2) is 95.5 Å². The minimum atomic E-state index is -1.06. The molecule has 0 atom stereocenters. The van der Waals surface area contributed by atoms with Gasteiger partial charge in [0.25, 0.3) is 0 Å². The van der Waals surface area contributed by atoms with Crippen molar-refractivity contribution in [1.29, 1.82) is 0 Å². The molecular weight excluding hydrogens is 390 g/mol. The first-order valence-corrected chi connectivity index (χ1v) is 10.8. The van der Waals surface area contributed by atoms with E-state index in [0.717, 1.165) is 49.5 Å². The largest absolute Gasteiger partial charge is 0.455 e. The topological polar surface area (TPSA) is 17.0 Å². The zero-order chi connectivity index (χ0) is 23.4. The molecule has 0 aliphatic heterocycles. The van der Waals surface area contributed by atoms with Gasteiger partial charge >= 0.3 is 0 Å². The summed E-state index contributed by atoms with van der Waals surface area (Å²) in [5, 5.41) is 3.84. The highest BCUT2D eigenvalue weighted by atomic mass is 16.3. The third kappa shape index (κ3) is 2.84. The molecule has 0 aliphatic rings. The number of benzene rings is 4. The summed E-state index contributed by atoms with van der Waals surface area (Å²) in [4.78, 5) is 0. The molecule has 2 heterocycles. The van der Waals surface area contributed by atoms with Crippen molar-refractivity contribution in [3.63, 3.8) is 0 Å². The van der Waals surface area contributed by atoms with Gasteiger partial charge in [0, 0.05) is 31.0 Å². The van der Waals surface area contributed by atoms with Crippen LogP contribution in [0.25, 0.3) is 55.1 Å². The molecule has 6 aromatic rings. The van der Waals surface area contributed by atoms with Gasteiger partial charge in [-0.3, -0.25) is 0 Å². The molecule has 0 unspecified atom stereocenters. The summed E-state index contributed by atoms with van der Waals surface area (Å²) in [5.41, 5.74) is 8.08. The minimum Gasteiger partial charge on any atom is -0.455 e. The van der Waals surface area contributed by atoms with Crippen molar-refractivity contribution in [2.24, 2.45) is 7.05 Å². The van der Waals surface area contributed by atoms with Crippen molar-refractivity contribution in [3.05, 3.63) is 102 Å². The predicted molar refractivity (Wildman–Crippen MR) is 133 cm³/mol. The lowest BCUT2D eigenvalue weighted by Crippen LogP contribution is -2.30. The van der Waals surface area contributed by atoms with E-state index in [4.69, 9.17) is 7.16 Å². The Morgan fingerprint density at radius 2 is 1.47 bits per heavy atom. The zero-order valence-corrected chi connectivity index (χ0v) is 18.1. The molecule has 0 amide bonds. The van der Waals surface area contributed by atoms with E-state index in [1.165, 1.54) is 11.1 Å². The quantitative estimate of drug-likeness (QED) is 0.267. The number of pyridine rings is 1. The molecule has 0 radical (unpaired) electrons. The summed E-state index contributed by atoms with van der Waals surface area (Å²) in [7, 11) is 2.06. The van der Waals surface area contributed by atoms with E-state index in [0.29, 0.717) is 5.56 Å². The summed E-state index contributed by atoms with van der Waals surface area (Å²) >= 11 is 0. The summed E-state index contributed by atoms with van der Waals surface area (Å²) < 4.78 is 24.7. The average molecular weight is 417 g/mol. The van der Waals surface area contributed by atoms with E-state index in [1.54, 1.807) is 0 Å². The number of aromatic nitrogens is 1. The Hall–Kier alpha value is -3.91. The molecule has 0 N–H and O–H groups in total. The average Bonchev–Trinajstić information content (AvgIpc) is 3.21. The number of hydrogen-bond donors (Lipinski definition) is 0. The summed E-state index contributed by atoms with van der Waals surface area (Å²) in [6.45, 7) is 1.07. The molecule has 6 rings (SSSR count). The summed E-state index contributed by atoms with van der Waals surface area (Å²) in [6.07, 6.45) is 2.10. The van der Waals surface area contributed by atoms with Gasteiger partial charge in [-0.2, -0.15) is 0 Å². The fourth-order valence-electron chi connectivity index (χ4n) is 4.70. The second-order valence-corrected chi connectivity index (χ2v) is 8.43. The summed E-state index contributed by atoms with van der Waals surface area (Å²) in [6, 6.07) is 29.0. The van der Waals surface area contributed by atoms with E-state index < -0.39 is 6.88 Å². The fraction of sp³-hybridized carbons (Fsp3) is 0.100. The lowest BCUT2D eigenvalue weighted by molar-refractivity contribution is -0.660. The van der Waals surface area contributed by atoms with Crippen LogP contribution in [0.3, 0.4) is 0 Å². The van der Waals surface area contributed by atoms with Gasteiger partial charge < -0.3 is 4.42 Å². The smallest absolute Gasteiger partial charge is 0.213 e. The highest BCUT2D eigenvalue weighted by Crippen LogP contribution is 2.38. The molecule has 0 aliphatic carbocycles. The first-order valence-electron chi connectivity index (χ1n) is 12.0. The van der Waals surface area contributed by atoms with Crippen LogP contribution in [0.2, 0.25) is 0 Å². The third-order valence-corrected chi connectivity index (χ3v) is 6.39. The van der Waals surface area contributed by atoms with Crippen LogP contribution < -0.4 is 4.57 Å². The number of hydrogen-bond acceptors (Lipinski definition) is 1. The minimum absolute atomic E-state index is 0.703. The van der Waals surface area contributed by atoms with Crippen LogP contribution >= 0.6 is 0 Å². The molecule has 2 heteroatoms. The van der Waals surface area contributed by atoms with Crippen molar-refractivity contribution < 1.29 is 11.7 Å². The second-order valence-electron chi connectivity index (χ2n) is 8.43. The van der Waals surface area contributed by atoms with E-state index in [1.807, 2.05) is 36.4 Å². The van der Waals surface area contributed by atoms with E-state index in [9.17, 15) is 0 Å². The molecule has 0 spiro atoms. The molecule has 0 saturated heterocycles. The lowest BCUT2D eigenvalue weighted by atomic mass is 9.97. The molecule has 154 valence electrons. The van der Waals surface area contributed by atoms with Gasteiger partial charge in [-0.1, -0.05) is 54.6 Å². The van der Waals surface area contributed by atoms with E-state index >= 15 is 0 Å². The van der Waals surface area contributed by atoms with Gasteiger partial charge in [0.2, 0.25) is 5.69 Å². The SMILES string of the molecule is [2H]C([2H])c1cc2c3cc(C)c(-c4cc(-c5ccccc5)cc[n+]4C)cc3oc2c2ccccc12. The number of fused-ring (bicyclic) bond motifs is 5. The van der Waals surface area contributed by atoms with Crippen LogP contribution in [-0.4, -0.2) is 0 Å². The predicted octanol–water partition coefficient (Wildman–Crippen LogP) is 7.51. The number of aryl methyl sites for hydroxylation is 3. The number of rotatable bonds is 2. The molecule has 2 aromatic heterocycles. The molecule has 2 nitrogen and oxygen atoms in total. The van der Waals surface area contributed by atoms with Gasteiger partial charge in [-0.05, 0) is 59.6 Å². The normalized spacial score (nSPS) is 12.6. The monoisotopic (exact) mass is 416 g/mol. The van der Waals surface area contributed by atoms with Gasteiger partial charge in [-0.15, -0.1) is 0 Å². The second kappa shape index (κ2) is 7.06. The Morgan fingerprint density at radius 3 is 2.28 bits per heavy atom. The van der Waals surface area contributed by atoms with Crippen molar-refractivity contribution >= 4 is 32.7 Å². The molecule has 0 bridgehead atoms. The van der Waals surface area contributed by atoms with Crippen LogP contribution in [-0.2, 0) is 7.05 Å². The number of furan rings is 1. The van der Waals surface area contributed by atoms with Gasteiger partial charge in [0.15, 0.2) is 6.20 Å². The van der Waals surface area contributed by atoms with Gasteiger partial charge in [0.1, 0.15) is 18.2 Å². The molecule has 4 aromatic carbocycles. The fourth-order valence-corrected chi connectivity index (χ4v) is 4.70. The lowest BCUT2D eigenvalue weighted by Gasteiger charge is -2.07. The van der Waals surface area contributed by atoms with Crippen LogP contribution in [0.5, 0.6) is 0 Å². The van der Waals surface area contributed by atoms with Gasteiger partial charge in [-0.25, -0.2) is 4.57 Å². The van der Waals surface area contributed by atoms with Crippen molar-refractivity contribution in [3.8, 4) is 22.4 Å². The molecular formula is C30H24NO+. The van der Waals surface area contributed by atoms with Crippen molar-refractivity contribution in [2.75, 3.05) is 0 Å². The summed E-state index contributed by atoms with van der Waals surface area (Å²) in [5.74, 6) is 0. The highest BCUT2D eigenvalue weighted by molar-refractivity contribution is 6.16. The Balaban J connectivity index is 1.61. The third-order valence-electron chi connectivity index (χ3n) is 6.39. The first-order chi connectivity index (χ1) is 16.5. The zero-order valence-electron chi connectivity index (χ0n) is 20.1. The molecule has 32 heavy (non-hydrogen) atoms. The number of nitrogens with zero attached hydrogens (tertiary/aromatic N) is 1. The first kappa shape index (κ1) is 16.7. The maximum atomic E-state index is 8.07. The Kier molecular flexibility index (Phi) is 3.70. The van der Waals surface area contributed by atoms with Crippen LogP contribution in [0.1, 0.15) is 13.9 Å². The Labute approximate surface area is 190 Å². The van der Waals surface area contributed by atoms with E-state index in [2.05, 4.69) is 73.3 Å². The standard InChI is InChI=1S/C30H24NO/c1-19-16-27-26-15-20(2)25(18-29(26)32-30(27)24-12-8-7-11-23(19)24)28-17-22(13-14-31(28)3)21-9-5-4-6-10-21/h4-18H,1-3H3/q+1/i1D2. The molecule has 0 fully saturated rings. The van der Waals surface area contributed by atoms with Gasteiger partial charge in [0.05, 0.1) is 5.56 Å². The maximum Gasteiger partial charge on any atom is 0.213 e.